The van der Waals surface area contributed by atoms with Crippen molar-refractivity contribution in [3.05, 3.63) is 33.5 Å². The number of aliphatic hydroxyl groups excluding tert-OH is 1. The number of hydrogen-bond donors (Lipinski definition) is 2. The number of unbranched alkanes of at least 4 members (excludes halogenated alkanes) is 3. The summed E-state index contributed by atoms with van der Waals surface area (Å²) in [5.74, 6) is 0.791. The second-order valence-corrected chi connectivity index (χ2v) is 7.09. The molecule has 1 aromatic rings. The Kier molecular flexibility index (Phi) is 6.66. The molecule has 1 aromatic carbocycles. The van der Waals surface area contributed by atoms with Crippen LogP contribution in [0.15, 0.2) is 31.9 Å². The van der Waals surface area contributed by atoms with Crippen molar-refractivity contribution in [3.8, 4) is 17.6 Å². The molecule has 0 fully saturated rings. The van der Waals surface area contributed by atoms with Crippen molar-refractivity contribution in [1.29, 1.82) is 5.26 Å². The second kappa shape index (κ2) is 8.73. The summed E-state index contributed by atoms with van der Waals surface area (Å²) in [5.41, 5.74) is 0.0329. The number of nitrogens with zero attached hydrogens (tertiary/aromatic N) is 2. The highest BCUT2D eigenvalue weighted by Gasteiger charge is 2.27. The minimum absolute atomic E-state index is 0.0329. The Balaban J connectivity index is 2.06. The highest BCUT2D eigenvalue weighted by atomic mass is 32.2. The molecule has 0 bridgehead atoms. The zero-order valence-corrected chi connectivity index (χ0v) is 14.0. The Morgan fingerprint density at radius 1 is 1.22 bits per heavy atom. The molecule has 7 heteroatoms. The largest absolute Gasteiger partial charge is 0.507 e. The molecule has 0 radical (unpaired) electrons. The van der Waals surface area contributed by atoms with Gasteiger partial charge in [-0.3, -0.25) is 0 Å². The van der Waals surface area contributed by atoms with Gasteiger partial charge in [0.15, 0.2) is 0 Å². The predicted octanol–water partition coefficient (Wildman–Crippen LogP) is 4.13. The first-order valence-electron chi connectivity index (χ1n) is 7.18. The quantitative estimate of drug-likeness (QED) is 0.438. The minimum atomic E-state index is 0.0329. The molecule has 23 heavy (non-hydrogen) atoms. The maximum Gasteiger partial charge on any atom is 0.282 e. The highest BCUT2D eigenvalue weighted by molar-refractivity contribution is 8.24. The number of thioether (sulfide) groups is 2. The summed E-state index contributed by atoms with van der Waals surface area (Å²) in [6.07, 6.45) is 3.66. The number of fused-ring (bicyclic) bond motifs is 1. The van der Waals surface area contributed by atoms with Crippen LogP contribution in [0.5, 0.6) is 11.5 Å². The van der Waals surface area contributed by atoms with Crippen LogP contribution in [0.4, 0.5) is 0 Å². The smallest absolute Gasteiger partial charge is 0.282 e. The van der Waals surface area contributed by atoms with Crippen molar-refractivity contribution >= 4 is 23.5 Å². The zero-order chi connectivity index (χ0) is 16.7. The number of ether oxygens (including phenoxy) is 1. The SMILES string of the molecule is [C-]#[N+]/C(C#N)=C1\Sc2c(O)ccc(OCCCCCCO)c2S1. The molecule has 2 rings (SSSR count). The summed E-state index contributed by atoms with van der Waals surface area (Å²) >= 11 is 2.53. The molecule has 0 spiro atoms. The van der Waals surface area contributed by atoms with Crippen LogP contribution in [0.2, 0.25) is 0 Å². The summed E-state index contributed by atoms with van der Waals surface area (Å²) in [6, 6.07) is 5.16. The second-order valence-electron chi connectivity index (χ2n) is 4.79. The topological polar surface area (TPSA) is 77.8 Å². The Hall–Kier alpha value is -1.80. The van der Waals surface area contributed by atoms with Gasteiger partial charge in [-0.25, -0.2) is 10.1 Å². The molecular weight excluding hydrogens is 332 g/mol. The maximum atomic E-state index is 9.97. The number of benzene rings is 1. The first-order valence-corrected chi connectivity index (χ1v) is 8.81. The summed E-state index contributed by atoms with van der Waals surface area (Å²) in [4.78, 5) is 4.62. The van der Waals surface area contributed by atoms with Gasteiger partial charge in [-0.05, 0) is 31.4 Å². The molecule has 0 aliphatic carbocycles. The van der Waals surface area contributed by atoms with Gasteiger partial charge in [0.05, 0.1) is 33.3 Å². The number of aliphatic hydroxyl groups is 1. The van der Waals surface area contributed by atoms with E-state index in [1.54, 1.807) is 12.1 Å². The van der Waals surface area contributed by atoms with Crippen molar-refractivity contribution < 1.29 is 14.9 Å². The van der Waals surface area contributed by atoms with Crippen molar-refractivity contribution in [3.63, 3.8) is 0 Å². The lowest BCUT2D eigenvalue weighted by atomic mass is 10.2. The molecule has 0 amide bonds. The van der Waals surface area contributed by atoms with Gasteiger partial charge in [-0.2, -0.15) is 0 Å². The number of rotatable bonds is 7. The van der Waals surface area contributed by atoms with Crippen LogP contribution in [0.1, 0.15) is 25.7 Å². The van der Waals surface area contributed by atoms with Gasteiger partial charge in [0.25, 0.3) is 5.70 Å². The summed E-state index contributed by atoms with van der Waals surface area (Å²) in [6.45, 7) is 7.81. The van der Waals surface area contributed by atoms with Crippen LogP contribution in [0.3, 0.4) is 0 Å². The van der Waals surface area contributed by atoms with Gasteiger partial charge in [-0.1, -0.05) is 29.9 Å². The normalized spacial score (nSPS) is 14.7. The molecule has 1 heterocycles. The zero-order valence-electron chi connectivity index (χ0n) is 12.4. The third-order valence-corrected chi connectivity index (χ3v) is 5.78. The van der Waals surface area contributed by atoms with Crippen LogP contribution in [0, 0.1) is 17.9 Å². The molecule has 5 nitrogen and oxygen atoms in total. The van der Waals surface area contributed by atoms with Crippen molar-refractivity contribution in [2.75, 3.05) is 13.2 Å². The predicted molar refractivity (Wildman–Crippen MR) is 90.1 cm³/mol. The van der Waals surface area contributed by atoms with Crippen molar-refractivity contribution in [1.82, 2.24) is 0 Å². The number of allylic oxidation sites excluding steroid dienone is 1. The van der Waals surface area contributed by atoms with E-state index in [9.17, 15) is 5.11 Å². The summed E-state index contributed by atoms with van der Waals surface area (Å²) in [7, 11) is 0. The average molecular weight is 348 g/mol. The monoisotopic (exact) mass is 348 g/mol. The van der Waals surface area contributed by atoms with E-state index in [2.05, 4.69) is 4.85 Å². The number of phenols is 1. The molecule has 0 saturated heterocycles. The molecule has 120 valence electrons. The van der Waals surface area contributed by atoms with E-state index < -0.39 is 0 Å². The Bertz CT molecular complexity index is 674. The lowest BCUT2D eigenvalue weighted by Crippen LogP contribution is -1.98. The van der Waals surface area contributed by atoms with Gasteiger partial charge < -0.3 is 14.9 Å². The van der Waals surface area contributed by atoms with Crippen LogP contribution in [-0.4, -0.2) is 23.4 Å². The molecule has 0 aromatic heterocycles. The fourth-order valence-corrected chi connectivity index (χ4v) is 4.47. The van der Waals surface area contributed by atoms with E-state index in [0.29, 0.717) is 21.5 Å². The molecule has 0 atom stereocenters. The molecule has 2 N–H and O–H groups in total. The fourth-order valence-electron chi connectivity index (χ4n) is 2.01. The standard InChI is InChI=1S/C16H16N2O3S2/c1-18-11(10-17)16-22-14-12(20)6-7-13(15(14)23-16)21-9-5-3-2-4-8-19/h6-7,19-20H,2-5,8-9H2/b16-11+. The minimum Gasteiger partial charge on any atom is -0.507 e. The average Bonchev–Trinajstić information content (AvgIpc) is 3.00. The van der Waals surface area contributed by atoms with E-state index in [0.717, 1.165) is 30.6 Å². The maximum absolute atomic E-state index is 9.97. The third kappa shape index (κ3) is 4.35. The van der Waals surface area contributed by atoms with E-state index in [-0.39, 0.29) is 18.1 Å². The first-order chi connectivity index (χ1) is 11.2. The molecule has 1 aliphatic heterocycles. The molecular formula is C16H16N2O3S2. The van der Waals surface area contributed by atoms with E-state index in [4.69, 9.17) is 21.7 Å². The molecule has 0 unspecified atom stereocenters. The van der Waals surface area contributed by atoms with E-state index in [1.807, 2.05) is 6.07 Å². The molecule has 0 saturated carbocycles. The third-order valence-electron chi connectivity index (χ3n) is 3.17. The van der Waals surface area contributed by atoms with Crippen molar-refractivity contribution in [2.45, 2.75) is 35.5 Å². The van der Waals surface area contributed by atoms with Crippen LogP contribution < -0.4 is 4.74 Å². The summed E-state index contributed by atoms with van der Waals surface area (Å²) in [5, 5.41) is 27.7. The van der Waals surface area contributed by atoms with Crippen LogP contribution in [0.25, 0.3) is 4.85 Å². The highest BCUT2D eigenvalue weighted by Crippen LogP contribution is 2.58. The van der Waals surface area contributed by atoms with Gasteiger partial charge in [0.1, 0.15) is 11.5 Å². The molecule has 1 aliphatic rings. The lowest BCUT2D eigenvalue weighted by molar-refractivity contribution is 0.271. The number of aromatic hydroxyl groups is 1. The summed E-state index contributed by atoms with van der Waals surface area (Å²) < 4.78 is 6.36. The van der Waals surface area contributed by atoms with Crippen molar-refractivity contribution in [2.24, 2.45) is 0 Å². The van der Waals surface area contributed by atoms with Crippen LogP contribution >= 0.6 is 23.5 Å². The fraction of sp³-hybridized carbons (Fsp3) is 0.375. The first kappa shape index (κ1) is 17.6. The van der Waals surface area contributed by atoms with E-state index in [1.165, 1.54) is 23.5 Å². The lowest BCUT2D eigenvalue weighted by Gasteiger charge is -2.10. The van der Waals surface area contributed by atoms with Gasteiger partial charge in [0, 0.05) is 6.61 Å². The number of hydrogen-bond acceptors (Lipinski definition) is 6. The number of nitriles is 1. The van der Waals surface area contributed by atoms with Crippen LogP contribution in [-0.2, 0) is 0 Å². The Labute approximate surface area is 143 Å². The van der Waals surface area contributed by atoms with Gasteiger partial charge >= 0.3 is 0 Å². The van der Waals surface area contributed by atoms with E-state index >= 15 is 0 Å². The Morgan fingerprint density at radius 3 is 2.65 bits per heavy atom. The Morgan fingerprint density at radius 2 is 1.96 bits per heavy atom. The van der Waals surface area contributed by atoms with Gasteiger partial charge in [-0.15, -0.1) is 0 Å². The van der Waals surface area contributed by atoms with Gasteiger partial charge in [0.2, 0.25) is 0 Å². The number of phenolic OH excluding ortho intramolecular Hbond substituents is 1.